The van der Waals surface area contributed by atoms with E-state index in [1.807, 2.05) is 62.4 Å². The van der Waals surface area contributed by atoms with E-state index in [4.69, 9.17) is 4.74 Å². The Bertz CT molecular complexity index is 892. The Hall–Kier alpha value is -2.94. The molecule has 0 atom stereocenters. The largest absolute Gasteiger partial charge is 0.423 e. The summed E-state index contributed by atoms with van der Waals surface area (Å²) in [6.07, 6.45) is 4.91. The van der Waals surface area contributed by atoms with Gasteiger partial charge in [0.25, 0.3) is 0 Å². The Balaban J connectivity index is 1.80. The van der Waals surface area contributed by atoms with Gasteiger partial charge >= 0.3 is 5.97 Å². The average molecular weight is 303 g/mol. The van der Waals surface area contributed by atoms with Gasteiger partial charge in [-0.2, -0.15) is 0 Å². The molecule has 0 amide bonds. The molecule has 0 unspecified atom stereocenters. The minimum absolute atomic E-state index is 0.398. The normalized spacial score (nSPS) is 11.0. The minimum atomic E-state index is -0.398. The summed E-state index contributed by atoms with van der Waals surface area (Å²) in [5.74, 6) is 0.186. The predicted octanol–water partition coefficient (Wildman–Crippen LogP) is 4.47. The molecule has 3 aromatic rings. The maximum Gasteiger partial charge on any atom is 0.336 e. The maximum atomic E-state index is 12.0. The van der Waals surface area contributed by atoms with Crippen LogP contribution in [0.5, 0.6) is 5.75 Å². The molecule has 0 saturated heterocycles. The van der Waals surface area contributed by atoms with Crippen molar-refractivity contribution < 1.29 is 9.53 Å². The van der Waals surface area contributed by atoms with Crippen molar-refractivity contribution in [3.8, 4) is 5.75 Å². The summed E-state index contributed by atoms with van der Waals surface area (Å²) in [5.41, 5.74) is 3.84. The number of ether oxygens (including phenoxy) is 1. The second-order valence-electron chi connectivity index (χ2n) is 5.45. The first-order valence-electron chi connectivity index (χ1n) is 7.44. The summed E-state index contributed by atoms with van der Waals surface area (Å²) < 4.78 is 5.39. The topological polar surface area (TPSA) is 39.2 Å². The van der Waals surface area contributed by atoms with E-state index < -0.39 is 5.97 Å². The molecule has 0 aliphatic carbocycles. The zero-order valence-corrected chi connectivity index (χ0v) is 13.1. The first-order valence-corrected chi connectivity index (χ1v) is 7.44. The molecule has 2 aromatic carbocycles. The number of fused-ring (bicyclic) bond motifs is 1. The quantitative estimate of drug-likeness (QED) is 0.407. The summed E-state index contributed by atoms with van der Waals surface area (Å²) in [6.45, 7) is 3.93. The van der Waals surface area contributed by atoms with Crippen molar-refractivity contribution in [2.75, 3.05) is 0 Å². The average Bonchev–Trinajstić information content (AvgIpc) is 2.55. The molecule has 0 spiro atoms. The third-order valence-electron chi connectivity index (χ3n) is 3.60. The van der Waals surface area contributed by atoms with Crippen LogP contribution in [0.2, 0.25) is 0 Å². The lowest BCUT2D eigenvalue weighted by Crippen LogP contribution is -2.05. The van der Waals surface area contributed by atoms with Gasteiger partial charge in [-0.25, -0.2) is 4.79 Å². The van der Waals surface area contributed by atoms with Gasteiger partial charge in [-0.1, -0.05) is 42.0 Å². The van der Waals surface area contributed by atoms with Crippen LogP contribution in [-0.2, 0) is 4.79 Å². The molecule has 0 aliphatic rings. The molecule has 0 bridgehead atoms. The van der Waals surface area contributed by atoms with Gasteiger partial charge in [-0.3, -0.25) is 4.98 Å². The molecule has 3 heteroatoms. The second-order valence-corrected chi connectivity index (χ2v) is 5.45. The number of hydrogen-bond donors (Lipinski definition) is 0. The van der Waals surface area contributed by atoms with Crippen LogP contribution >= 0.6 is 0 Å². The molecule has 3 rings (SSSR count). The van der Waals surface area contributed by atoms with E-state index in [1.54, 1.807) is 12.3 Å². The van der Waals surface area contributed by atoms with Crippen molar-refractivity contribution in [1.82, 2.24) is 4.98 Å². The Morgan fingerprint density at radius 1 is 1.09 bits per heavy atom. The number of pyridine rings is 1. The number of para-hydroxylation sites is 1. The van der Waals surface area contributed by atoms with E-state index in [1.165, 1.54) is 6.08 Å². The molecular formula is C20H17NO2. The molecule has 1 aromatic heterocycles. The van der Waals surface area contributed by atoms with E-state index in [-0.39, 0.29) is 0 Å². The van der Waals surface area contributed by atoms with Gasteiger partial charge in [0.2, 0.25) is 0 Å². The fraction of sp³-hybridized carbons (Fsp3) is 0.100. The molecule has 114 valence electrons. The molecule has 0 N–H and O–H groups in total. The second kappa shape index (κ2) is 6.44. The molecular weight excluding hydrogens is 286 g/mol. The number of carbonyl (C=O) groups is 1. The molecule has 0 saturated carbocycles. The van der Waals surface area contributed by atoms with Gasteiger partial charge in [0.15, 0.2) is 0 Å². The van der Waals surface area contributed by atoms with Crippen LogP contribution in [0.25, 0.3) is 17.0 Å². The standard InChI is InChI=1S/C20H17NO2/c1-14-8-10-18(15(2)13-14)23-19(22)11-9-17-6-3-5-16-7-4-12-21-20(16)17/h3-13H,1-2H3/b11-9+. The van der Waals surface area contributed by atoms with Crippen LogP contribution in [-0.4, -0.2) is 11.0 Å². The highest BCUT2D eigenvalue weighted by molar-refractivity contribution is 5.93. The molecule has 0 radical (unpaired) electrons. The maximum absolute atomic E-state index is 12.0. The van der Waals surface area contributed by atoms with Crippen LogP contribution in [0.15, 0.2) is 60.8 Å². The highest BCUT2D eigenvalue weighted by Crippen LogP contribution is 2.20. The van der Waals surface area contributed by atoms with E-state index in [0.29, 0.717) is 5.75 Å². The van der Waals surface area contributed by atoms with Gasteiger partial charge in [0, 0.05) is 23.2 Å². The van der Waals surface area contributed by atoms with Crippen LogP contribution < -0.4 is 4.74 Å². The number of aryl methyl sites for hydroxylation is 2. The lowest BCUT2D eigenvalue weighted by Gasteiger charge is -2.06. The Morgan fingerprint density at radius 2 is 1.91 bits per heavy atom. The fourth-order valence-corrected chi connectivity index (χ4v) is 2.48. The number of aromatic nitrogens is 1. The number of nitrogens with zero attached hydrogens (tertiary/aromatic N) is 1. The number of rotatable bonds is 3. The van der Waals surface area contributed by atoms with E-state index in [2.05, 4.69) is 4.98 Å². The molecule has 3 nitrogen and oxygen atoms in total. The Morgan fingerprint density at radius 3 is 2.74 bits per heavy atom. The summed E-state index contributed by atoms with van der Waals surface area (Å²) in [7, 11) is 0. The van der Waals surface area contributed by atoms with E-state index in [0.717, 1.165) is 27.6 Å². The lowest BCUT2D eigenvalue weighted by atomic mass is 10.1. The van der Waals surface area contributed by atoms with Gasteiger partial charge in [-0.15, -0.1) is 0 Å². The Labute approximate surface area is 135 Å². The number of hydrogen-bond acceptors (Lipinski definition) is 3. The van der Waals surface area contributed by atoms with Gasteiger partial charge in [0.1, 0.15) is 5.75 Å². The minimum Gasteiger partial charge on any atom is -0.423 e. The summed E-state index contributed by atoms with van der Waals surface area (Å²) in [5, 5.41) is 1.04. The molecule has 1 heterocycles. The van der Waals surface area contributed by atoms with Crippen molar-refractivity contribution in [1.29, 1.82) is 0 Å². The first-order chi connectivity index (χ1) is 11.1. The molecule has 23 heavy (non-hydrogen) atoms. The van der Waals surface area contributed by atoms with E-state index >= 15 is 0 Å². The van der Waals surface area contributed by atoms with Crippen molar-refractivity contribution >= 4 is 22.9 Å². The first kappa shape index (κ1) is 15.0. The third kappa shape index (κ3) is 3.46. The smallest absolute Gasteiger partial charge is 0.336 e. The van der Waals surface area contributed by atoms with E-state index in [9.17, 15) is 4.79 Å². The van der Waals surface area contributed by atoms with Gasteiger partial charge in [-0.05, 0) is 37.6 Å². The van der Waals surface area contributed by atoms with Crippen molar-refractivity contribution in [3.05, 3.63) is 77.5 Å². The number of esters is 1. The molecule has 0 aliphatic heterocycles. The SMILES string of the molecule is Cc1ccc(OC(=O)/C=C/c2cccc3cccnc23)c(C)c1. The lowest BCUT2D eigenvalue weighted by molar-refractivity contribution is -0.128. The summed E-state index contributed by atoms with van der Waals surface area (Å²) in [6, 6.07) is 15.5. The monoisotopic (exact) mass is 303 g/mol. The highest BCUT2D eigenvalue weighted by Gasteiger charge is 2.05. The summed E-state index contributed by atoms with van der Waals surface area (Å²) >= 11 is 0. The van der Waals surface area contributed by atoms with Crippen molar-refractivity contribution in [2.24, 2.45) is 0 Å². The van der Waals surface area contributed by atoms with Crippen LogP contribution in [0.1, 0.15) is 16.7 Å². The highest BCUT2D eigenvalue weighted by atomic mass is 16.5. The van der Waals surface area contributed by atoms with Crippen LogP contribution in [0.3, 0.4) is 0 Å². The number of carbonyl (C=O) groups excluding carboxylic acids is 1. The van der Waals surface area contributed by atoms with Gasteiger partial charge < -0.3 is 4.74 Å². The van der Waals surface area contributed by atoms with Crippen molar-refractivity contribution in [3.63, 3.8) is 0 Å². The third-order valence-corrected chi connectivity index (χ3v) is 3.60. The summed E-state index contributed by atoms with van der Waals surface area (Å²) in [4.78, 5) is 16.4. The van der Waals surface area contributed by atoms with Gasteiger partial charge in [0.05, 0.1) is 5.52 Å². The predicted molar refractivity (Wildman–Crippen MR) is 92.3 cm³/mol. The fourth-order valence-electron chi connectivity index (χ4n) is 2.48. The Kier molecular flexibility index (Phi) is 4.20. The van der Waals surface area contributed by atoms with Crippen LogP contribution in [0, 0.1) is 13.8 Å². The zero-order valence-electron chi connectivity index (χ0n) is 13.1. The molecule has 0 fully saturated rings. The van der Waals surface area contributed by atoms with Crippen molar-refractivity contribution in [2.45, 2.75) is 13.8 Å². The zero-order chi connectivity index (χ0) is 16.2. The number of benzene rings is 2. The van der Waals surface area contributed by atoms with Crippen LogP contribution in [0.4, 0.5) is 0 Å².